The second-order valence-corrected chi connectivity index (χ2v) is 15.0. The first-order valence-electron chi connectivity index (χ1n) is 14.8. The number of aliphatic hydroxyl groups is 1. The van der Waals surface area contributed by atoms with Crippen LogP contribution in [-0.2, 0) is 19.1 Å². The smallest absolute Gasteiger partial charge is 0.249 e. The number of rotatable bonds is 11. The second-order valence-electron chi connectivity index (χ2n) is 13.8. The molecule has 1 aromatic rings. The summed E-state index contributed by atoms with van der Waals surface area (Å²) in [5, 5.41) is 10.3. The van der Waals surface area contributed by atoms with Crippen LogP contribution in [0.4, 0.5) is 5.69 Å². The standard InChI is InChI=1S/C33H46BrN3O5/c1-9-16-35(22-14-12-11-13-15-22)28(39)24-25-29(40)37(21(3)19-38)27(33(25)18-23(34)26(24)42-33)30(41)36(17-10-2)32(7,8)20-31(4,5)6/h9-15,21,23-27,38H,1-2,16-20H2,3-8H3/t21-,23?,24-,25+,26-,27?,33?/m1/s1. The van der Waals surface area contributed by atoms with E-state index >= 15 is 0 Å². The lowest BCUT2D eigenvalue weighted by atomic mass is 9.70. The summed E-state index contributed by atoms with van der Waals surface area (Å²) in [5.74, 6) is -2.48. The highest BCUT2D eigenvalue weighted by Gasteiger charge is 2.77. The van der Waals surface area contributed by atoms with E-state index in [2.05, 4.69) is 49.9 Å². The van der Waals surface area contributed by atoms with Gasteiger partial charge in [0.2, 0.25) is 17.7 Å². The van der Waals surface area contributed by atoms with Crippen LogP contribution in [0, 0.1) is 17.3 Å². The summed E-state index contributed by atoms with van der Waals surface area (Å²) in [4.78, 5) is 48.3. The van der Waals surface area contributed by atoms with Gasteiger partial charge in [-0.05, 0) is 51.2 Å². The highest BCUT2D eigenvalue weighted by molar-refractivity contribution is 9.09. The Kier molecular flexibility index (Phi) is 9.18. The van der Waals surface area contributed by atoms with Crippen molar-refractivity contribution in [2.45, 2.75) is 88.5 Å². The number of para-hydroxylation sites is 1. The van der Waals surface area contributed by atoms with Crippen molar-refractivity contribution in [3.8, 4) is 0 Å². The van der Waals surface area contributed by atoms with Crippen molar-refractivity contribution >= 4 is 39.3 Å². The van der Waals surface area contributed by atoms with Crippen LogP contribution in [0.25, 0.3) is 0 Å². The number of nitrogens with zero attached hydrogens (tertiary/aromatic N) is 3. The maximum atomic E-state index is 14.8. The number of anilines is 1. The van der Waals surface area contributed by atoms with Gasteiger partial charge in [-0.3, -0.25) is 14.4 Å². The number of aliphatic hydroxyl groups excluding tert-OH is 1. The van der Waals surface area contributed by atoms with Crippen LogP contribution in [-0.4, -0.2) is 86.5 Å². The highest BCUT2D eigenvalue weighted by Crippen LogP contribution is 2.61. The quantitative estimate of drug-likeness (QED) is 0.282. The minimum absolute atomic E-state index is 0.0690. The van der Waals surface area contributed by atoms with Crippen LogP contribution in [0.3, 0.4) is 0 Å². The highest BCUT2D eigenvalue weighted by atomic mass is 79.9. The molecule has 0 aliphatic carbocycles. The van der Waals surface area contributed by atoms with Crippen molar-refractivity contribution < 1.29 is 24.2 Å². The SMILES string of the molecule is C=CCN(C(=O)[C@H]1[C@@H]2OC3(CC2Br)C(C(=O)N(CC=C)C(C)(C)CC(C)(C)C)N([C@H](C)CO)C(=O)[C@H]13)c1ccccc1. The van der Waals surface area contributed by atoms with Crippen LogP contribution >= 0.6 is 15.9 Å². The molecule has 3 fully saturated rings. The minimum atomic E-state index is -1.22. The predicted octanol–water partition coefficient (Wildman–Crippen LogP) is 4.56. The minimum Gasteiger partial charge on any atom is -0.394 e. The lowest BCUT2D eigenvalue weighted by Crippen LogP contribution is -2.62. The molecule has 7 atom stereocenters. The number of ether oxygens (including phenoxy) is 1. The largest absolute Gasteiger partial charge is 0.394 e. The molecule has 1 aromatic carbocycles. The summed E-state index contributed by atoms with van der Waals surface area (Å²) in [5.41, 5.74) is -1.15. The maximum absolute atomic E-state index is 14.8. The first-order chi connectivity index (χ1) is 19.6. The fraction of sp³-hybridized carbons (Fsp3) is 0.606. The van der Waals surface area contributed by atoms with Crippen LogP contribution in [0.5, 0.6) is 0 Å². The molecule has 0 radical (unpaired) electrons. The summed E-state index contributed by atoms with van der Waals surface area (Å²) < 4.78 is 6.73. The van der Waals surface area contributed by atoms with Gasteiger partial charge in [0.05, 0.1) is 30.6 Å². The molecule has 9 heteroatoms. The molecule has 3 aliphatic heterocycles. The first-order valence-corrected chi connectivity index (χ1v) is 15.7. The number of halogens is 1. The zero-order valence-electron chi connectivity index (χ0n) is 25.8. The molecule has 1 N–H and O–H groups in total. The summed E-state index contributed by atoms with van der Waals surface area (Å²) in [6.45, 7) is 20.2. The van der Waals surface area contributed by atoms with Gasteiger partial charge < -0.3 is 24.5 Å². The number of hydrogen-bond donors (Lipinski definition) is 1. The number of hydrogen-bond acceptors (Lipinski definition) is 5. The number of benzene rings is 1. The van der Waals surface area contributed by atoms with Gasteiger partial charge in [0.25, 0.3) is 0 Å². The molecule has 8 nitrogen and oxygen atoms in total. The molecule has 230 valence electrons. The second kappa shape index (κ2) is 11.9. The van der Waals surface area contributed by atoms with E-state index in [-0.39, 0.29) is 41.1 Å². The molecule has 0 aromatic heterocycles. The Morgan fingerprint density at radius 3 is 2.31 bits per heavy atom. The average Bonchev–Trinajstić information content (AvgIpc) is 3.51. The Hall–Kier alpha value is -2.49. The van der Waals surface area contributed by atoms with Crippen molar-refractivity contribution in [2.75, 3.05) is 24.6 Å². The van der Waals surface area contributed by atoms with Crippen LogP contribution in [0.2, 0.25) is 0 Å². The average molecular weight is 645 g/mol. The number of alkyl halides is 1. The molecule has 3 saturated heterocycles. The molecule has 0 saturated carbocycles. The van der Waals surface area contributed by atoms with E-state index in [4.69, 9.17) is 4.74 Å². The third-order valence-corrected chi connectivity index (χ3v) is 9.75. The summed E-state index contributed by atoms with van der Waals surface area (Å²) in [7, 11) is 0. The van der Waals surface area contributed by atoms with Gasteiger partial charge in [0, 0.05) is 29.1 Å². The van der Waals surface area contributed by atoms with E-state index in [1.165, 1.54) is 4.90 Å². The Morgan fingerprint density at radius 2 is 1.76 bits per heavy atom. The number of fused-ring (bicyclic) bond motifs is 1. The summed E-state index contributed by atoms with van der Waals surface area (Å²) in [6.07, 6.45) is 3.89. The predicted molar refractivity (Wildman–Crippen MR) is 168 cm³/mol. The lowest BCUT2D eigenvalue weighted by molar-refractivity contribution is -0.155. The molecule has 1 spiro atoms. The van der Waals surface area contributed by atoms with Crippen molar-refractivity contribution in [1.82, 2.24) is 9.80 Å². The fourth-order valence-electron chi connectivity index (χ4n) is 7.74. The van der Waals surface area contributed by atoms with Gasteiger partial charge in [-0.2, -0.15) is 0 Å². The first kappa shape index (κ1) is 32.4. The van der Waals surface area contributed by atoms with E-state index < -0.39 is 41.2 Å². The van der Waals surface area contributed by atoms with E-state index in [1.807, 2.05) is 44.2 Å². The molecule has 4 rings (SSSR count). The number of likely N-dealkylation sites (tertiary alicyclic amines) is 1. The van der Waals surface area contributed by atoms with Gasteiger partial charge in [0.15, 0.2) is 0 Å². The number of carbonyl (C=O) groups is 3. The molecular formula is C33H46BrN3O5. The topological polar surface area (TPSA) is 90.4 Å². The lowest BCUT2D eigenvalue weighted by Gasteiger charge is -2.46. The molecule has 3 aliphatic rings. The Labute approximate surface area is 258 Å². The van der Waals surface area contributed by atoms with Crippen molar-refractivity contribution in [1.29, 1.82) is 0 Å². The molecule has 3 amide bonds. The van der Waals surface area contributed by atoms with Crippen LogP contribution in [0.1, 0.15) is 54.4 Å². The fourth-order valence-corrected chi connectivity index (χ4v) is 8.68. The third-order valence-electron chi connectivity index (χ3n) is 8.90. The van der Waals surface area contributed by atoms with Gasteiger partial charge >= 0.3 is 0 Å². The van der Waals surface area contributed by atoms with E-state index in [9.17, 15) is 19.5 Å². The number of amides is 3. The van der Waals surface area contributed by atoms with Crippen LogP contribution < -0.4 is 4.90 Å². The Balaban J connectivity index is 1.82. The zero-order chi connectivity index (χ0) is 31.2. The van der Waals surface area contributed by atoms with E-state index in [0.717, 1.165) is 0 Å². The Morgan fingerprint density at radius 1 is 1.14 bits per heavy atom. The number of carbonyl (C=O) groups excluding carboxylic acids is 3. The van der Waals surface area contributed by atoms with E-state index in [1.54, 1.807) is 28.9 Å². The van der Waals surface area contributed by atoms with Crippen LogP contribution in [0.15, 0.2) is 55.6 Å². The molecule has 2 bridgehead atoms. The third kappa shape index (κ3) is 5.48. The molecule has 3 heterocycles. The van der Waals surface area contributed by atoms with Crippen molar-refractivity contribution in [3.63, 3.8) is 0 Å². The normalized spacial score (nSPS) is 29.3. The Bertz CT molecular complexity index is 1210. The summed E-state index contributed by atoms with van der Waals surface area (Å²) >= 11 is 3.76. The van der Waals surface area contributed by atoms with Crippen molar-refractivity contribution in [2.24, 2.45) is 17.3 Å². The zero-order valence-corrected chi connectivity index (χ0v) is 27.3. The van der Waals surface area contributed by atoms with E-state index in [0.29, 0.717) is 25.1 Å². The monoisotopic (exact) mass is 643 g/mol. The molecule has 3 unspecified atom stereocenters. The van der Waals surface area contributed by atoms with Gasteiger partial charge in [-0.25, -0.2) is 0 Å². The summed E-state index contributed by atoms with van der Waals surface area (Å²) in [6, 6.07) is 7.66. The maximum Gasteiger partial charge on any atom is 0.249 e. The molecular weight excluding hydrogens is 598 g/mol. The molecule has 42 heavy (non-hydrogen) atoms. The van der Waals surface area contributed by atoms with Crippen molar-refractivity contribution in [3.05, 3.63) is 55.6 Å². The van der Waals surface area contributed by atoms with Gasteiger partial charge in [-0.15, -0.1) is 13.2 Å². The van der Waals surface area contributed by atoms with Gasteiger partial charge in [0.1, 0.15) is 11.6 Å². The van der Waals surface area contributed by atoms with Gasteiger partial charge in [-0.1, -0.05) is 67.1 Å².